The third kappa shape index (κ3) is 4.26. The van der Waals surface area contributed by atoms with Gasteiger partial charge in [-0.15, -0.1) is 0 Å². The first-order chi connectivity index (χ1) is 13.0. The van der Waals surface area contributed by atoms with Gasteiger partial charge in [0, 0.05) is 17.6 Å². The van der Waals surface area contributed by atoms with E-state index in [1.807, 2.05) is 0 Å². The molecule has 3 rings (SSSR count). The second-order valence-corrected chi connectivity index (χ2v) is 6.25. The predicted molar refractivity (Wildman–Crippen MR) is 87.6 cm³/mol. The number of para-hydroxylation sites is 1. The maximum Gasteiger partial charge on any atom is 0.433 e. The molecule has 2 unspecified atom stereocenters. The third-order valence-corrected chi connectivity index (χ3v) is 4.10. The Kier molecular flexibility index (Phi) is 5.34. The number of pyridine rings is 1. The minimum atomic E-state index is -4.98. The van der Waals surface area contributed by atoms with Gasteiger partial charge in [0.25, 0.3) is 0 Å². The number of rotatable bonds is 4. The van der Waals surface area contributed by atoms with Crippen LogP contribution >= 0.6 is 0 Å². The van der Waals surface area contributed by atoms with Gasteiger partial charge >= 0.3 is 12.4 Å². The normalized spacial score (nSPS) is 19.1. The molecule has 0 radical (unpaired) electrons. The summed E-state index contributed by atoms with van der Waals surface area (Å²) < 4.78 is 84.5. The smallest absolute Gasteiger partial charge is 0.387 e. The number of aliphatic imine (C=N–C) groups is 1. The van der Waals surface area contributed by atoms with Gasteiger partial charge in [-0.3, -0.25) is 5.32 Å². The molecule has 0 saturated heterocycles. The lowest BCUT2D eigenvalue weighted by atomic mass is 9.99. The molecule has 11 heteroatoms. The van der Waals surface area contributed by atoms with E-state index in [0.717, 1.165) is 6.07 Å². The van der Waals surface area contributed by atoms with Crippen molar-refractivity contribution in [2.45, 2.75) is 31.7 Å². The van der Waals surface area contributed by atoms with Crippen molar-refractivity contribution in [3.63, 3.8) is 0 Å². The Morgan fingerprint density at radius 3 is 2.50 bits per heavy atom. The molecule has 1 aromatic carbocycles. The van der Waals surface area contributed by atoms with Crippen LogP contribution in [0.1, 0.15) is 29.8 Å². The summed E-state index contributed by atoms with van der Waals surface area (Å²) in [6.45, 7) is 1.69. The van der Waals surface area contributed by atoms with Gasteiger partial charge in [0.15, 0.2) is 0 Å². The van der Waals surface area contributed by atoms with Gasteiger partial charge in [0.05, 0.1) is 23.8 Å². The van der Waals surface area contributed by atoms with Crippen LogP contribution < -0.4 is 5.32 Å². The molecular weight excluding hydrogens is 392 g/mol. The largest absolute Gasteiger partial charge is 0.433 e. The molecule has 0 saturated carbocycles. The van der Waals surface area contributed by atoms with Crippen molar-refractivity contribution in [1.82, 2.24) is 10.3 Å². The highest BCUT2D eigenvalue weighted by Crippen LogP contribution is 2.38. The van der Waals surface area contributed by atoms with E-state index in [4.69, 9.17) is 4.74 Å². The van der Waals surface area contributed by atoms with Crippen molar-refractivity contribution >= 4 is 16.6 Å². The Hall–Kier alpha value is -2.24. The average molecular weight is 407 g/mol. The molecule has 1 aliphatic rings. The first-order valence-corrected chi connectivity index (χ1v) is 8.11. The summed E-state index contributed by atoms with van der Waals surface area (Å²) >= 11 is 0. The van der Waals surface area contributed by atoms with Crippen LogP contribution in [0.3, 0.4) is 0 Å². The number of ether oxygens (including phenoxy) is 1. The fraction of sp³-hybridized carbons (Fsp3) is 0.412. The molecule has 2 atom stereocenters. The molecule has 2 N–H and O–H groups in total. The highest BCUT2D eigenvalue weighted by Gasteiger charge is 2.38. The number of halogens is 6. The van der Waals surface area contributed by atoms with Crippen molar-refractivity contribution in [1.29, 1.82) is 0 Å². The highest BCUT2D eigenvalue weighted by atomic mass is 19.4. The summed E-state index contributed by atoms with van der Waals surface area (Å²) in [6, 6.07) is 3.44. The highest BCUT2D eigenvalue weighted by molar-refractivity contribution is 5.86. The molecule has 28 heavy (non-hydrogen) atoms. The van der Waals surface area contributed by atoms with Crippen molar-refractivity contribution in [3.05, 3.63) is 41.1 Å². The fourth-order valence-corrected chi connectivity index (χ4v) is 2.83. The third-order valence-electron chi connectivity index (χ3n) is 4.10. The van der Waals surface area contributed by atoms with E-state index in [9.17, 15) is 31.4 Å². The molecule has 0 bridgehead atoms. The number of nitrogens with zero attached hydrogens (tertiary/aromatic N) is 2. The van der Waals surface area contributed by atoms with Crippen LogP contribution in [0.4, 0.5) is 26.3 Å². The van der Waals surface area contributed by atoms with Gasteiger partial charge < -0.3 is 9.84 Å². The molecule has 2 heterocycles. The Morgan fingerprint density at radius 2 is 1.93 bits per heavy atom. The zero-order valence-electron chi connectivity index (χ0n) is 14.4. The van der Waals surface area contributed by atoms with Crippen LogP contribution in [0.5, 0.6) is 0 Å². The Bertz CT molecular complexity index is 910. The van der Waals surface area contributed by atoms with Crippen LogP contribution in [0.25, 0.3) is 10.9 Å². The monoisotopic (exact) mass is 407 g/mol. The quantitative estimate of drug-likeness (QED) is 0.760. The van der Waals surface area contributed by atoms with E-state index in [2.05, 4.69) is 15.3 Å². The Balaban J connectivity index is 2.04. The Labute approximate surface area is 155 Å². The molecule has 1 aliphatic heterocycles. The van der Waals surface area contributed by atoms with Crippen molar-refractivity contribution in [2.75, 3.05) is 13.2 Å². The van der Waals surface area contributed by atoms with Gasteiger partial charge in [-0.2, -0.15) is 26.3 Å². The first kappa shape index (κ1) is 20.5. The number of hydrogen-bond donors (Lipinski definition) is 2. The number of alkyl halides is 6. The number of aliphatic hydroxyl groups is 1. The van der Waals surface area contributed by atoms with E-state index in [1.165, 1.54) is 6.07 Å². The maximum atomic E-state index is 13.2. The molecule has 2 aromatic rings. The number of hydrogen-bond acceptors (Lipinski definition) is 5. The molecule has 0 spiro atoms. The Morgan fingerprint density at radius 1 is 1.21 bits per heavy atom. The minimum Gasteiger partial charge on any atom is -0.387 e. The van der Waals surface area contributed by atoms with Crippen LogP contribution in [-0.2, 0) is 17.1 Å². The molecule has 1 aromatic heterocycles. The zero-order chi connectivity index (χ0) is 20.7. The molecule has 0 aliphatic carbocycles. The predicted octanol–water partition coefficient (Wildman–Crippen LogP) is 3.67. The maximum absolute atomic E-state index is 13.2. The van der Waals surface area contributed by atoms with Gasteiger partial charge in [-0.25, -0.2) is 9.98 Å². The van der Waals surface area contributed by atoms with Crippen LogP contribution in [0.2, 0.25) is 0 Å². The van der Waals surface area contributed by atoms with Gasteiger partial charge in [-0.1, -0.05) is 12.1 Å². The lowest BCUT2D eigenvalue weighted by molar-refractivity contribution is -0.142. The van der Waals surface area contributed by atoms with Gasteiger partial charge in [0.2, 0.25) is 6.35 Å². The SMILES string of the molecule is CC1=NC(NCC(O)c2cc(C(F)(F)F)nc3c(C(F)(F)F)cccc23)OC1. The summed E-state index contributed by atoms with van der Waals surface area (Å²) in [7, 11) is 0. The number of fused-ring (bicyclic) bond motifs is 1. The van der Waals surface area contributed by atoms with Gasteiger partial charge in [-0.05, 0) is 24.6 Å². The minimum absolute atomic E-state index is 0.218. The van der Waals surface area contributed by atoms with E-state index in [-0.39, 0.29) is 24.1 Å². The summed E-state index contributed by atoms with van der Waals surface area (Å²) in [5.41, 5.74) is -3.33. The van der Waals surface area contributed by atoms with E-state index in [0.29, 0.717) is 17.8 Å². The van der Waals surface area contributed by atoms with Crippen LogP contribution in [-0.4, -0.2) is 35.3 Å². The lowest BCUT2D eigenvalue weighted by Gasteiger charge is -2.19. The second-order valence-electron chi connectivity index (χ2n) is 6.25. The summed E-state index contributed by atoms with van der Waals surface area (Å²) in [6.07, 6.45) is -12.2. The van der Waals surface area contributed by atoms with Crippen molar-refractivity contribution < 1.29 is 36.2 Å². The van der Waals surface area contributed by atoms with Crippen LogP contribution in [0, 0.1) is 0 Å². The summed E-state index contributed by atoms with van der Waals surface area (Å²) in [4.78, 5) is 7.23. The van der Waals surface area contributed by atoms with Crippen LogP contribution in [0.15, 0.2) is 29.3 Å². The lowest BCUT2D eigenvalue weighted by Crippen LogP contribution is -2.31. The number of aromatic nitrogens is 1. The number of benzene rings is 1. The van der Waals surface area contributed by atoms with Crippen molar-refractivity contribution in [3.8, 4) is 0 Å². The number of aliphatic hydroxyl groups excluding tert-OH is 1. The molecule has 5 nitrogen and oxygen atoms in total. The molecular formula is C17H15F6N3O2. The second kappa shape index (κ2) is 7.30. The first-order valence-electron chi connectivity index (χ1n) is 8.11. The van der Waals surface area contributed by atoms with E-state index in [1.54, 1.807) is 6.92 Å². The topological polar surface area (TPSA) is 66.7 Å². The molecule has 0 amide bonds. The van der Waals surface area contributed by atoms with Gasteiger partial charge in [0.1, 0.15) is 5.69 Å². The van der Waals surface area contributed by atoms with Crippen molar-refractivity contribution in [2.24, 2.45) is 4.99 Å². The summed E-state index contributed by atoms with van der Waals surface area (Å²) in [5, 5.41) is 12.9. The zero-order valence-corrected chi connectivity index (χ0v) is 14.4. The summed E-state index contributed by atoms with van der Waals surface area (Å²) in [5.74, 6) is 0. The standard InChI is InChI=1S/C17H15F6N3O2/c1-8-7-28-15(25-8)24-6-12(27)10-5-13(17(21,22)23)26-14-9(10)3-2-4-11(14)16(18,19)20/h2-5,12,15,24,27H,6-7H2,1H3. The number of nitrogens with one attached hydrogen (secondary N) is 1. The van der Waals surface area contributed by atoms with E-state index >= 15 is 0 Å². The average Bonchev–Trinajstić information content (AvgIpc) is 3.01. The molecule has 0 fully saturated rings. The van der Waals surface area contributed by atoms with E-state index < -0.39 is 41.6 Å². The molecule has 152 valence electrons. The fourth-order valence-electron chi connectivity index (χ4n) is 2.83.